The highest BCUT2D eigenvalue weighted by molar-refractivity contribution is 5.77. The maximum atomic E-state index is 12.2. The van der Waals surface area contributed by atoms with Crippen molar-refractivity contribution in [3.05, 3.63) is 0 Å². The first-order valence-electron chi connectivity index (χ1n) is 7.88. The lowest BCUT2D eigenvalue weighted by Gasteiger charge is -2.38. The second-order valence-corrected chi connectivity index (χ2v) is 6.54. The fourth-order valence-corrected chi connectivity index (χ4v) is 3.48. The number of amides is 1. The van der Waals surface area contributed by atoms with E-state index in [0.29, 0.717) is 12.5 Å². The summed E-state index contributed by atoms with van der Waals surface area (Å²) in [5.41, 5.74) is 5.75. The number of nitrogens with zero attached hydrogens (tertiary/aromatic N) is 2. The van der Waals surface area contributed by atoms with Gasteiger partial charge in [-0.3, -0.25) is 9.69 Å². The van der Waals surface area contributed by atoms with Gasteiger partial charge in [0.05, 0.1) is 12.2 Å². The van der Waals surface area contributed by atoms with E-state index in [0.717, 1.165) is 39.0 Å². The lowest BCUT2D eigenvalue weighted by Crippen LogP contribution is -2.51. The van der Waals surface area contributed by atoms with Crippen molar-refractivity contribution < 1.29 is 9.53 Å². The molecule has 2 aliphatic rings. The Kier molecular flexibility index (Phi) is 5.41. The molecule has 4 unspecified atom stereocenters. The Morgan fingerprint density at radius 2 is 2.00 bits per heavy atom. The van der Waals surface area contributed by atoms with Gasteiger partial charge in [0, 0.05) is 44.7 Å². The van der Waals surface area contributed by atoms with Crippen LogP contribution in [0.4, 0.5) is 0 Å². The normalized spacial score (nSPS) is 33.4. The zero-order chi connectivity index (χ0) is 14.7. The van der Waals surface area contributed by atoms with Crippen LogP contribution in [0, 0.1) is 0 Å². The molecular weight excluding hydrogens is 254 g/mol. The molecule has 0 aromatic heterocycles. The lowest BCUT2D eigenvalue weighted by atomic mass is 10.1. The van der Waals surface area contributed by atoms with E-state index < -0.39 is 0 Å². The van der Waals surface area contributed by atoms with Crippen molar-refractivity contribution in [1.29, 1.82) is 0 Å². The summed E-state index contributed by atoms with van der Waals surface area (Å²) in [7, 11) is 0. The number of carbonyl (C=O) groups excluding carboxylic acids is 1. The van der Waals surface area contributed by atoms with Gasteiger partial charge in [0.15, 0.2) is 0 Å². The van der Waals surface area contributed by atoms with E-state index in [1.165, 1.54) is 0 Å². The molecule has 4 atom stereocenters. The van der Waals surface area contributed by atoms with E-state index in [1.54, 1.807) is 0 Å². The molecule has 2 saturated heterocycles. The summed E-state index contributed by atoms with van der Waals surface area (Å²) < 4.78 is 5.77. The summed E-state index contributed by atoms with van der Waals surface area (Å²) >= 11 is 0. The summed E-state index contributed by atoms with van der Waals surface area (Å²) in [6.45, 7) is 9.95. The minimum atomic E-state index is -0.0489. The Hall–Kier alpha value is -0.650. The number of hydrogen-bond acceptors (Lipinski definition) is 4. The second kappa shape index (κ2) is 6.87. The van der Waals surface area contributed by atoms with Crippen LogP contribution in [0.1, 0.15) is 40.0 Å². The third kappa shape index (κ3) is 4.17. The molecule has 2 fully saturated rings. The molecule has 0 spiro atoms. The zero-order valence-electron chi connectivity index (χ0n) is 13.0. The lowest BCUT2D eigenvalue weighted by molar-refractivity contribution is -0.133. The Morgan fingerprint density at radius 1 is 1.35 bits per heavy atom. The average Bonchev–Trinajstić information content (AvgIpc) is 2.74. The number of likely N-dealkylation sites (tertiary alicyclic amines) is 1. The fraction of sp³-hybridized carbons (Fsp3) is 0.933. The van der Waals surface area contributed by atoms with Crippen LogP contribution in [-0.4, -0.2) is 66.2 Å². The van der Waals surface area contributed by atoms with Crippen LogP contribution in [0.2, 0.25) is 0 Å². The van der Waals surface area contributed by atoms with Gasteiger partial charge >= 0.3 is 0 Å². The van der Waals surface area contributed by atoms with Crippen LogP contribution in [0.15, 0.2) is 0 Å². The van der Waals surface area contributed by atoms with Crippen LogP contribution in [0.5, 0.6) is 0 Å². The molecule has 5 heteroatoms. The smallest absolute Gasteiger partial charge is 0.224 e. The van der Waals surface area contributed by atoms with Gasteiger partial charge in [-0.1, -0.05) is 0 Å². The number of morpholine rings is 1. The minimum absolute atomic E-state index is 0.0489. The van der Waals surface area contributed by atoms with Gasteiger partial charge in [0.25, 0.3) is 0 Å². The molecule has 2 aliphatic heterocycles. The molecule has 2 N–H and O–H groups in total. The predicted octanol–water partition coefficient (Wildman–Crippen LogP) is 0.824. The number of ether oxygens (including phenoxy) is 1. The molecule has 1 amide bonds. The highest BCUT2D eigenvalue weighted by Crippen LogP contribution is 2.21. The van der Waals surface area contributed by atoms with E-state index in [2.05, 4.69) is 18.7 Å². The summed E-state index contributed by atoms with van der Waals surface area (Å²) in [4.78, 5) is 16.7. The predicted molar refractivity (Wildman–Crippen MR) is 79.5 cm³/mol. The summed E-state index contributed by atoms with van der Waals surface area (Å²) in [6, 6.07) is 0.311. The van der Waals surface area contributed by atoms with Crippen LogP contribution in [0.3, 0.4) is 0 Å². The van der Waals surface area contributed by atoms with Gasteiger partial charge in [-0.15, -0.1) is 0 Å². The highest BCUT2D eigenvalue weighted by atomic mass is 16.5. The third-order valence-corrected chi connectivity index (χ3v) is 4.16. The maximum absolute atomic E-state index is 12.2. The monoisotopic (exact) mass is 283 g/mol. The largest absolute Gasteiger partial charge is 0.373 e. The van der Waals surface area contributed by atoms with E-state index in [4.69, 9.17) is 10.5 Å². The molecule has 2 heterocycles. The number of hydrogen-bond donors (Lipinski definition) is 1. The number of nitrogens with two attached hydrogens (primary N) is 1. The van der Waals surface area contributed by atoms with E-state index in [-0.39, 0.29) is 24.2 Å². The van der Waals surface area contributed by atoms with Crippen molar-refractivity contribution in [2.45, 2.75) is 64.3 Å². The molecule has 116 valence electrons. The topological polar surface area (TPSA) is 58.8 Å². The SMILES string of the molecule is CC(N)CC(=O)N1CCCC1CN1CC(C)OC(C)C1. The molecule has 0 aliphatic carbocycles. The minimum Gasteiger partial charge on any atom is -0.373 e. The highest BCUT2D eigenvalue weighted by Gasteiger charge is 2.32. The van der Waals surface area contributed by atoms with Crippen molar-refractivity contribution in [2.75, 3.05) is 26.2 Å². The Labute approximate surface area is 122 Å². The van der Waals surface area contributed by atoms with Gasteiger partial charge in [-0.05, 0) is 33.6 Å². The first kappa shape index (κ1) is 15.7. The van der Waals surface area contributed by atoms with Crippen LogP contribution < -0.4 is 5.73 Å². The molecule has 20 heavy (non-hydrogen) atoms. The molecule has 5 nitrogen and oxygen atoms in total. The first-order chi connectivity index (χ1) is 9.45. The van der Waals surface area contributed by atoms with Gasteiger partial charge in [-0.2, -0.15) is 0 Å². The van der Waals surface area contributed by atoms with E-state index in [9.17, 15) is 4.79 Å². The zero-order valence-corrected chi connectivity index (χ0v) is 13.0. The fourth-order valence-electron chi connectivity index (χ4n) is 3.48. The molecule has 0 aromatic rings. The maximum Gasteiger partial charge on any atom is 0.224 e. The molecule has 0 aromatic carbocycles. The summed E-state index contributed by atoms with van der Waals surface area (Å²) in [6.07, 6.45) is 3.27. The van der Waals surface area contributed by atoms with E-state index in [1.807, 2.05) is 11.8 Å². The van der Waals surface area contributed by atoms with Crippen molar-refractivity contribution in [3.63, 3.8) is 0 Å². The van der Waals surface area contributed by atoms with Crippen molar-refractivity contribution >= 4 is 5.91 Å². The average molecular weight is 283 g/mol. The van der Waals surface area contributed by atoms with Crippen LogP contribution >= 0.6 is 0 Å². The number of rotatable bonds is 4. The van der Waals surface area contributed by atoms with Gasteiger partial charge in [-0.25, -0.2) is 0 Å². The third-order valence-electron chi connectivity index (χ3n) is 4.16. The van der Waals surface area contributed by atoms with Crippen molar-refractivity contribution in [3.8, 4) is 0 Å². The molecular formula is C15H29N3O2. The Bertz CT molecular complexity index is 325. The molecule has 0 saturated carbocycles. The molecule has 0 radical (unpaired) electrons. The molecule has 0 bridgehead atoms. The van der Waals surface area contributed by atoms with Crippen molar-refractivity contribution in [1.82, 2.24) is 9.80 Å². The Balaban J connectivity index is 1.89. The van der Waals surface area contributed by atoms with Crippen LogP contribution in [-0.2, 0) is 9.53 Å². The quantitative estimate of drug-likeness (QED) is 0.830. The first-order valence-corrected chi connectivity index (χ1v) is 7.88. The van der Waals surface area contributed by atoms with E-state index >= 15 is 0 Å². The van der Waals surface area contributed by atoms with Crippen molar-refractivity contribution in [2.24, 2.45) is 5.73 Å². The summed E-state index contributed by atoms with van der Waals surface area (Å²) in [5, 5.41) is 0. The summed E-state index contributed by atoms with van der Waals surface area (Å²) in [5.74, 6) is 0.219. The Morgan fingerprint density at radius 3 is 2.60 bits per heavy atom. The second-order valence-electron chi connectivity index (χ2n) is 6.54. The van der Waals surface area contributed by atoms with Crippen LogP contribution in [0.25, 0.3) is 0 Å². The number of carbonyl (C=O) groups is 1. The van der Waals surface area contributed by atoms with Gasteiger partial charge < -0.3 is 15.4 Å². The standard InChI is InChI=1S/C15H29N3O2/c1-11(16)7-15(19)18-6-4-5-14(18)10-17-8-12(2)20-13(3)9-17/h11-14H,4-10,16H2,1-3H3. The van der Waals surface area contributed by atoms with Gasteiger partial charge in [0.1, 0.15) is 0 Å². The molecule has 2 rings (SSSR count). The van der Waals surface area contributed by atoms with Gasteiger partial charge in [0.2, 0.25) is 5.91 Å².